The van der Waals surface area contributed by atoms with Gasteiger partial charge in [-0.2, -0.15) is 0 Å². The predicted octanol–water partition coefficient (Wildman–Crippen LogP) is 2.97. The number of hydrogen-bond donors (Lipinski definition) is 1. The maximum atomic E-state index is 13.0. The molecule has 0 aromatic heterocycles. The topological polar surface area (TPSA) is 68.2 Å². The summed E-state index contributed by atoms with van der Waals surface area (Å²) in [7, 11) is 0. The van der Waals surface area contributed by atoms with Crippen LogP contribution in [0.25, 0.3) is 0 Å². The maximum absolute atomic E-state index is 13.0. The van der Waals surface area contributed by atoms with Gasteiger partial charge in [-0.3, -0.25) is 4.79 Å². The van der Waals surface area contributed by atoms with Gasteiger partial charge in [-0.15, -0.1) is 0 Å². The Kier molecular flexibility index (Phi) is 6.79. The van der Waals surface area contributed by atoms with Crippen LogP contribution in [-0.4, -0.2) is 48.5 Å². The van der Waals surface area contributed by atoms with Gasteiger partial charge in [0.05, 0.1) is 26.4 Å². The Balaban J connectivity index is 1.48. The minimum atomic E-state index is -0.516. The van der Waals surface area contributed by atoms with Crippen molar-refractivity contribution in [3.63, 3.8) is 0 Å². The molecule has 1 saturated heterocycles. The lowest BCUT2D eigenvalue weighted by atomic mass is 9.93. The molecule has 2 aromatic rings. The molecule has 2 aliphatic heterocycles. The van der Waals surface area contributed by atoms with Crippen LogP contribution < -0.4 is 0 Å². The fourth-order valence-electron chi connectivity index (χ4n) is 3.70. The summed E-state index contributed by atoms with van der Waals surface area (Å²) in [5.41, 5.74) is 2.98. The normalized spacial score (nSPS) is 21.6. The van der Waals surface area contributed by atoms with E-state index >= 15 is 0 Å². The molecule has 1 N–H and O–H groups in total. The highest BCUT2D eigenvalue weighted by Crippen LogP contribution is 2.32. The molecular formula is C24H27NO5. The molecular weight excluding hydrogens is 382 g/mol. The maximum Gasteiger partial charge on any atom is 0.288 e. The number of nitrogens with zero attached hydrogens (tertiary/aromatic N) is 1. The molecule has 0 unspecified atom stereocenters. The van der Waals surface area contributed by atoms with E-state index in [2.05, 4.69) is 12.1 Å². The van der Waals surface area contributed by atoms with Crippen LogP contribution in [0.15, 0.2) is 66.4 Å². The fourth-order valence-corrected chi connectivity index (χ4v) is 3.70. The van der Waals surface area contributed by atoms with Crippen molar-refractivity contribution in [1.29, 1.82) is 0 Å². The van der Waals surface area contributed by atoms with Crippen LogP contribution in [0.1, 0.15) is 29.0 Å². The first-order valence-corrected chi connectivity index (χ1v) is 10.3. The van der Waals surface area contributed by atoms with E-state index in [9.17, 15) is 9.90 Å². The average Bonchev–Trinajstić information content (AvgIpc) is 2.83. The Bertz CT molecular complexity index is 859. The number of benzene rings is 2. The number of allylic oxidation sites excluding steroid dienone is 1. The van der Waals surface area contributed by atoms with Gasteiger partial charge >= 0.3 is 0 Å². The van der Waals surface area contributed by atoms with Gasteiger partial charge in [-0.1, -0.05) is 54.6 Å². The molecule has 0 aliphatic carbocycles. The SMILES string of the molecule is O=C(C1=C[C@H](c2ccccc2)C[C@H](OCc2ccc(CO)cc2)O1)N1CCOCC1. The zero-order chi connectivity index (χ0) is 20.8. The van der Waals surface area contributed by atoms with Crippen molar-refractivity contribution < 1.29 is 24.1 Å². The van der Waals surface area contributed by atoms with E-state index in [1.807, 2.05) is 48.5 Å². The Labute approximate surface area is 176 Å². The van der Waals surface area contributed by atoms with Gasteiger partial charge < -0.3 is 24.2 Å². The van der Waals surface area contributed by atoms with Gasteiger partial charge in [0.2, 0.25) is 6.29 Å². The first-order valence-electron chi connectivity index (χ1n) is 10.3. The summed E-state index contributed by atoms with van der Waals surface area (Å²) in [6.07, 6.45) is 2.04. The first kappa shape index (κ1) is 20.6. The summed E-state index contributed by atoms with van der Waals surface area (Å²) in [6.45, 7) is 2.62. The predicted molar refractivity (Wildman–Crippen MR) is 111 cm³/mol. The van der Waals surface area contributed by atoms with Crippen molar-refractivity contribution in [1.82, 2.24) is 4.90 Å². The summed E-state index contributed by atoms with van der Waals surface area (Å²) in [5, 5.41) is 9.19. The number of amides is 1. The number of carbonyl (C=O) groups is 1. The highest BCUT2D eigenvalue weighted by Gasteiger charge is 2.31. The lowest BCUT2D eigenvalue weighted by molar-refractivity contribution is -0.158. The van der Waals surface area contributed by atoms with E-state index in [0.29, 0.717) is 45.1 Å². The summed E-state index contributed by atoms with van der Waals surface area (Å²) in [5.74, 6) is 0.277. The monoisotopic (exact) mass is 409 g/mol. The largest absolute Gasteiger partial charge is 0.459 e. The van der Waals surface area contributed by atoms with Crippen LogP contribution in [0.4, 0.5) is 0 Å². The molecule has 2 aromatic carbocycles. The molecule has 0 saturated carbocycles. The highest BCUT2D eigenvalue weighted by molar-refractivity contribution is 5.91. The van der Waals surface area contributed by atoms with Gasteiger partial charge in [0.1, 0.15) is 0 Å². The van der Waals surface area contributed by atoms with Crippen molar-refractivity contribution in [2.75, 3.05) is 26.3 Å². The summed E-state index contributed by atoms with van der Waals surface area (Å²) >= 11 is 0. The third-order valence-electron chi connectivity index (χ3n) is 5.44. The van der Waals surface area contributed by atoms with Gasteiger partial charge in [0.25, 0.3) is 5.91 Å². The van der Waals surface area contributed by atoms with E-state index in [-0.39, 0.29) is 18.4 Å². The molecule has 158 valence electrons. The van der Waals surface area contributed by atoms with Crippen molar-refractivity contribution in [3.8, 4) is 0 Å². The summed E-state index contributed by atoms with van der Waals surface area (Å²) < 4.78 is 17.4. The fraction of sp³-hybridized carbons (Fsp3) is 0.375. The van der Waals surface area contributed by atoms with Crippen molar-refractivity contribution in [2.24, 2.45) is 0 Å². The van der Waals surface area contributed by atoms with E-state index in [0.717, 1.165) is 16.7 Å². The molecule has 6 nitrogen and oxygen atoms in total. The van der Waals surface area contributed by atoms with Gasteiger partial charge in [-0.05, 0) is 22.8 Å². The van der Waals surface area contributed by atoms with Crippen LogP contribution >= 0.6 is 0 Å². The molecule has 4 rings (SSSR count). The number of rotatable bonds is 6. The standard InChI is InChI=1S/C24H27NO5/c26-16-18-6-8-19(9-7-18)17-29-23-15-21(20-4-2-1-3-5-20)14-22(30-23)24(27)25-10-12-28-13-11-25/h1-9,14,21,23,26H,10-13,15-17H2/t21-,23+/m0/s1. The Morgan fingerprint density at radius 2 is 1.73 bits per heavy atom. The molecule has 0 radical (unpaired) electrons. The van der Waals surface area contributed by atoms with E-state index in [1.165, 1.54) is 0 Å². The van der Waals surface area contributed by atoms with Crippen LogP contribution in [0.3, 0.4) is 0 Å². The van der Waals surface area contributed by atoms with Crippen molar-refractivity contribution in [3.05, 3.63) is 83.1 Å². The van der Waals surface area contributed by atoms with Crippen LogP contribution in [-0.2, 0) is 32.2 Å². The summed E-state index contributed by atoms with van der Waals surface area (Å²) in [4.78, 5) is 14.8. The molecule has 2 aliphatic rings. The van der Waals surface area contributed by atoms with E-state index < -0.39 is 6.29 Å². The average molecular weight is 409 g/mol. The number of aliphatic hydroxyl groups excluding tert-OH is 1. The van der Waals surface area contributed by atoms with Gasteiger partial charge in [-0.25, -0.2) is 0 Å². The number of ether oxygens (including phenoxy) is 3. The molecule has 2 heterocycles. The molecule has 1 fully saturated rings. The zero-order valence-corrected chi connectivity index (χ0v) is 16.9. The first-order chi connectivity index (χ1) is 14.7. The third kappa shape index (κ3) is 5.08. The molecule has 6 heteroatoms. The Hall–Kier alpha value is -2.67. The van der Waals surface area contributed by atoms with Crippen LogP contribution in [0.5, 0.6) is 0 Å². The molecule has 1 amide bonds. The summed E-state index contributed by atoms with van der Waals surface area (Å²) in [6, 6.07) is 17.7. The second kappa shape index (κ2) is 9.89. The van der Waals surface area contributed by atoms with Crippen molar-refractivity contribution >= 4 is 5.91 Å². The van der Waals surface area contributed by atoms with Crippen molar-refractivity contribution in [2.45, 2.75) is 31.8 Å². The second-order valence-electron chi connectivity index (χ2n) is 7.52. The Morgan fingerprint density at radius 3 is 2.43 bits per heavy atom. The molecule has 30 heavy (non-hydrogen) atoms. The van der Waals surface area contributed by atoms with E-state index in [4.69, 9.17) is 14.2 Å². The van der Waals surface area contributed by atoms with E-state index in [1.54, 1.807) is 4.90 Å². The van der Waals surface area contributed by atoms with Crippen LogP contribution in [0, 0.1) is 0 Å². The van der Waals surface area contributed by atoms with Crippen LogP contribution in [0.2, 0.25) is 0 Å². The van der Waals surface area contributed by atoms with Gasteiger partial charge in [0, 0.05) is 25.4 Å². The second-order valence-corrected chi connectivity index (χ2v) is 7.52. The lowest BCUT2D eigenvalue weighted by Gasteiger charge is -2.33. The third-order valence-corrected chi connectivity index (χ3v) is 5.44. The van der Waals surface area contributed by atoms with Gasteiger partial charge in [0.15, 0.2) is 5.76 Å². The molecule has 0 bridgehead atoms. The zero-order valence-electron chi connectivity index (χ0n) is 16.9. The molecule has 2 atom stereocenters. The number of carbonyl (C=O) groups excluding carboxylic acids is 1. The smallest absolute Gasteiger partial charge is 0.288 e. The minimum Gasteiger partial charge on any atom is -0.459 e. The number of hydrogen-bond acceptors (Lipinski definition) is 5. The minimum absolute atomic E-state index is 0.0173. The number of aliphatic hydroxyl groups is 1. The lowest BCUT2D eigenvalue weighted by Crippen LogP contribution is -2.43. The highest BCUT2D eigenvalue weighted by atomic mass is 16.7. The quantitative estimate of drug-likeness (QED) is 0.795. The molecule has 0 spiro atoms. The number of morpholine rings is 1. The Morgan fingerprint density at radius 1 is 1.03 bits per heavy atom.